The molecule has 108 valence electrons. The van der Waals surface area contributed by atoms with E-state index in [0.717, 1.165) is 5.69 Å². The summed E-state index contributed by atoms with van der Waals surface area (Å²) >= 11 is 4.12. The molecule has 0 aliphatic carbocycles. The number of thiol groups is 1. The van der Waals surface area contributed by atoms with Gasteiger partial charge in [-0.2, -0.15) is 21.4 Å². The van der Waals surface area contributed by atoms with Gasteiger partial charge in [-0.15, -0.1) is 0 Å². The zero-order chi connectivity index (χ0) is 14.3. The van der Waals surface area contributed by atoms with Gasteiger partial charge in [0.15, 0.2) is 0 Å². The molecule has 0 amide bonds. The molecule has 1 aromatic rings. The highest BCUT2D eigenvalue weighted by molar-refractivity contribution is 7.81. The molecule has 1 aromatic carbocycles. The maximum Gasteiger partial charge on any atom is 0.330 e. The van der Waals surface area contributed by atoms with Crippen LogP contribution in [-0.4, -0.2) is 37.4 Å². The van der Waals surface area contributed by atoms with Crippen LogP contribution in [0.5, 0.6) is 0 Å². The number of anilines is 1. The number of halogens is 4. The number of nitrogens with one attached hydrogen (secondary N) is 1. The number of benzene rings is 1. The first-order chi connectivity index (χ1) is 8.92. The lowest BCUT2D eigenvalue weighted by Gasteiger charge is -2.17. The van der Waals surface area contributed by atoms with Crippen molar-refractivity contribution in [2.45, 2.75) is 17.6 Å². The lowest BCUT2D eigenvalue weighted by molar-refractivity contribution is -0.165. The van der Waals surface area contributed by atoms with Gasteiger partial charge in [0.05, 0.1) is 6.61 Å². The second-order valence-corrected chi connectivity index (χ2v) is 4.71. The summed E-state index contributed by atoms with van der Waals surface area (Å²) in [6.07, 6.45) is -3.71. The third-order valence-corrected chi connectivity index (χ3v) is 2.57. The molecule has 0 saturated carbocycles. The first-order valence-corrected chi connectivity index (χ1v) is 6.14. The van der Waals surface area contributed by atoms with E-state index in [9.17, 15) is 17.6 Å². The lowest BCUT2D eigenvalue weighted by Crippen LogP contribution is -2.34. The summed E-state index contributed by atoms with van der Waals surface area (Å²) in [7, 11) is 0. The molecule has 0 bridgehead atoms. The zero-order valence-corrected chi connectivity index (χ0v) is 10.9. The minimum atomic E-state index is -4.11. The van der Waals surface area contributed by atoms with Crippen molar-refractivity contribution in [1.29, 1.82) is 0 Å². The number of para-hydroxylation sites is 1. The molecular formula is C12H15F4NOS. The normalized spacial score (nSPS) is 13.6. The number of rotatable bonds is 8. The smallest absolute Gasteiger partial charge is 0.330 e. The topological polar surface area (TPSA) is 21.3 Å². The molecule has 1 rings (SSSR count). The van der Waals surface area contributed by atoms with E-state index in [-0.39, 0.29) is 11.9 Å². The van der Waals surface area contributed by atoms with Crippen molar-refractivity contribution in [3.8, 4) is 0 Å². The van der Waals surface area contributed by atoms with E-state index in [1.807, 2.05) is 30.3 Å². The molecule has 19 heavy (non-hydrogen) atoms. The van der Waals surface area contributed by atoms with Crippen LogP contribution >= 0.6 is 12.6 Å². The molecule has 0 saturated heterocycles. The largest absolute Gasteiger partial charge is 0.384 e. The first kappa shape index (κ1) is 16.1. The Morgan fingerprint density at radius 3 is 2.42 bits per heavy atom. The van der Waals surface area contributed by atoms with E-state index in [4.69, 9.17) is 0 Å². The van der Waals surface area contributed by atoms with Gasteiger partial charge >= 0.3 is 12.3 Å². The Morgan fingerprint density at radius 1 is 1.21 bits per heavy atom. The van der Waals surface area contributed by atoms with E-state index in [1.54, 1.807) is 0 Å². The Morgan fingerprint density at radius 2 is 1.84 bits per heavy atom. The summed E-state index contributed by atoms with van der Waals surface area (Å²) in [6, 6.07) is 9.22. The van der Waals surface area contributed by atoms with Crippen LogP contribution in [0.15, 0.2) is 30.3 Å². The Bertz CT molecular complexity index is 364. The minimum absolute atomic E-state index is 0.134. The monoisotopic (exact) mass is 297 g/mol. The summed E-state index contributed by atoms with van der Waals surface area (Å²) in [6.45, 7) is -1.05. The van der Waals surface area contributed by atoms with Crippen LogP contribution in [0.25, 0.3) is 0 Å². The standard InChI is InChI=1S/C12H15F4NOS/c13-11(14)12(15,16)8-18-7-10(19)6-17-9-4-2-1-3-5-9/h1-5,10-11,17,19H,6-8H2. The molecule has 1 atom stereocenters. The van der Waals surface area contributed by atoms with Crippen LogP contribution in [0.4, 0.5) is 23.2 Å². The average molecular weight is 297 g/mol. The average Bonchev–Trinajstić information content (AvgIpc) is 2.37. The zero-order valence-electron chi connectivity index (χ0n) is 10.0. The van der Waals surface area contributed by atoms with Crippen LogP contribution in [-0.2, 0) is 4.74 Å². The molecule has 2 nitrogen and oxygen atoms in total. The number of alkyl halides is 4. The van der Waals surface area contributed by atoms with Crippen LogP contribution in [0.2, 0.25) is 0 Å². The van der Waals surface area contributed by atoms with Crippen molar-refractivity contribution in [2.75, 3.05) is 25.1 Å². The van der Waals surface area contributed by atoms with Crippen LogP contribution in [0.1, 0.15) is 0 Å². The van der Waals surface area contributed by atoms with E-state index in [1.165, 1.54) is 0 Å². The molecule has 0 radical (unpaired) electrons. The van der Waals surface area contributed by atoms with Crippen LogP contribution in [0.3, 0.4) is 0 Å². The molecule has 1 N–H and O–H groups in total. The summed E-state index contributed by atoms with van der Waals surface area (Å²) in [5.41, 5.74) is 0.861. The summed E-state index contributed by atoms with van der Waals surface area (Å²) in [4.78, 5) is 0. The van der Waals surface area contributed by atoms with Crippen molar-refractivity contribution in [1.82, 2.24) is 0 Å². The fourth-order valence-corrected chi connectivity index (χ4v) is 1.44. The highest BCUT2D eigenvalue weighted by Crippen LogP contribution is 2.23. The van der Waals surface area contributed by atoms with Gasteiger partial charge in [-0.05, 0) is 12.1 Å². The highest BCUT2D eigenvalue weighted by Gasteiger charge is 2.40. The Balaban J connectivity index is 2.20. The second-order valence-electron chi connectivity index (χ2n) is 3.98. The predicted molar refractivity (Wildman–Crippen MR) is 69.5 cm³/mol. The molecule has 0 spiro atoms. The van der Waals surface area contributed by atoms with E-state index >= 15 is 0 Å². The van der Waals surface area contributed by atoms with Crippen molar-refractivity contribution in [3.05, 3.63) is 30.3 Å². The van der Waals surface area contributed by atoms with Crippen molar-refractivity contribution in [3.63, 3.8) is 0 Å². The minimum Gasteiger partial charge on any atom is -0.384 e. The van der Waals surface area contributed by atoms with E-state index in [0.29, 0.717) is 6.54 Å². The van der Waals surface area contributed by atoms with Gasteiger partial charge in [0, 0.05) is 17.5 Å². The van der Waals surface area contributed by atoms with Gasteiger partial charge < -0.3 is 10.1 Å². The third kappa shape index (κ3) is 6.15. The number of hydrogen-bond donors (Lipinski definition) is 2. The first-order valence-electron chi connectivity index (χ1n) is 5.62. The fraction of sp³-hybridized carbons (Fsp3) is 0.500. The quantitative estimate of drug-likeness (QED) is 0.567. The lowest BCUT2D eigenvalue weighted by atomic mass is 10.3. The van der Waals surface area contributed by atoms with Gasteiger partial charge in [0.25, 0.3) is 0 Å². The summed E-state index contributed by atoms with van der Waals surface area (Å²) in [5, 5.41) is 2.66. The third-order valence-electron chi connectivity index (χ3n) is 2.24. The number of hydrogen-bond acceptors (Lipinski definition) is 3. The fourth-order valence-electron chi connectivity index (χ4n) is 1.24. The molecular weight excluding hydrogens is 282 g/mol. The second kappa shape index (κ2) is 7.59. The molecule has 0 aliphatic rings. The van der Waals surface area contributed by atoms with Gasteiger partial charge in [0.2, 0.25) is 0 Å². The SMILES string of the molecule is FC(F)C(F)(F)COCC(S)CNc1ccccc1. The summed E-state index contributed by atoms with van der Waals surface area (Å²) < 4.78 is 53.3. The molecule has 7 heteroatoms. The molecule has 0 heterocycles. The number of ether oxygens (including phenoxy) is 1. The highest BCUT2D eigenvalue weighted by atomic mass is 32.1. The Kier molecular flexibility index (Phi) is 6.44. The maximum absolute atomic E-state index is 12.5. The Labute approximate surface area is 114 Å². The van der Waals surface area contributed by atoms with Crippen molar-refractivity contribution >= 4 is 18.3 Å². The Hall–Kier alpha value is -0.950. The van der Waals surface area contributed by atoms with Crippen molar-refractivity contribution in [2.24, 2.45) is 0 Å². The maximum atomic E-state index is 12.5. The van der Waals surface area contributed by atoms with Gasteiger partial charge in [-0.3, -0.25) is 0 Å². The molecule has 0 aromatic heterocycles. The van der Waals surface area contributed by atoms with Gasteiger partial charge in [-0.25, -0.2) is 8.78 Å². The van der Waals surface area contributed by atoms with E-state index < -0.39 is 19.0 Å². The van der Waals surface area contributed by atoms with Gasteiger partial charge in [-0.1, -0.05) is 18.2 Å². The van der Waals surface area contributed by atoms with Gasteiger partial charge in [0.1, 0.15) is 6.61 Å². The molecule has 1 unspecified atom stereocenters. The molecule has 0 fully saturated rings. The van der Waals surface area contributed by atoms with Crippen LogP contribution < -0.4 is 5.32 Å². The van der Waals surface area contributed by atoms with E-state index in [2.05, 4.69) is 22.7 Å². The molecule has 0 aliphatic heterocycles. The predicted octanol–water partition coefficient (Wildman–Crippen LogP) is 3.31. The van der Waals surface area contributed by atoms with Crippen molar-refractivity contribution < 1.29 is 22.3 Å². The van der Waals surface area contributed by atoms with Crippen LogP contribution in [0, 0.1) is 0 Å². The summed E-state index contributed by atoms with van der Waals surface area (Å²) in [5.74, 6) is -4.11.